The van der Waals surface area contributed by atoms with Crippen LogP contribution in [0.2, 0.25) is 0 Å². The molecule has 0 aliphatic heterocycles. The van der Waals surface area contributed by atoms with Gasteiger partial charge < -0.3 is 10.5 Å². The molecule has 1 unspecified atom stereocenters. The standard InChI is InChI=1S/C11H17NOS/c1-8-6-9(7-14-8)10(12)11(13-2)4-3-5-11/h6-7,10H,3-5,12H2,1-2H3. The van der Waals surface area contributed by atoms with Gasteiger partial charge in [0.2, 0.25) is 0 Å². The van der Waals surface area contributed by atoms with Crippen molar-refractivity contribution in [1.82, 2.24) is 0 Å². The highest BCUT2D eigenvalue weighted by atomic mass is 32.1. The molecule has 78 valence electrons. The van der Waals surface area contributed by atoms with Gasteiger partial charge >= 0.3 is 0 Å². The molecule has 1 aliphatic rings. The summed E-state index contributed by atoms with van der Waals surface area (Å²) in [5.41, 5.74) is 7.40. The van der Waals surface area contributed by atoms with Gasteiger partial charge in [0.1, 0.15) is 0 Å². The minimum atomic E-state index is -0.0759. The summed E-state index contributed by atoms with van der Waals surface area (Å²) < 4.78 is 5.58. The average Bonchev–Trinajstić information content (AvgIpc) is 2.50. The Morgan fingerprint density at radius 2 is 2.29 bits per heavy atom. The van der Waals surface area contributed by atoms with Crippen LogP contribution in [0.15, 0.2) is 11.4 Å². The molecule has 14 heavy (non-hydrogen) atoms. The van der Waals surface area contributed by atoms with Crippen molar-refractivity contribution in [2.75, 3.05) is 7.11 Å². The number of aryl methyl sites for hydroxylation is 1. The highest BCUT2D eigenvalue weighted by Gasteiger charge is 2.43. The van der Waals surface area contributed by atoms with Crippen molar-refractivity contribution in [3.8, 4) is 0 Å². The lowest BCUT2D eigenvalue weighted by molar-refractivity contribution is -0.0910. The molecule has 0 aromatic carbocycles. The van der Waals surface area contributed by atoms with Crippen LogP contribution in [0.3, 0.4) is 0 Å². The zero-order valence-corrected chi connectivity index (χ0v) is 9.56. The summed E-state index contributed by atoms with van der Waals surface area (Å²) in [6, 6.07) is 2.22. The lowest BCUT2D eigenvalue weighted by Crippen LogP contribution is -2.48. The van der Waals surface area contributed by atoms with Gasteiger partial charge in [0.05, 0.1) is 11.6 Å². The Labute approximate surface area is 89.1 Å². The Hall–Kier alpha value is -0.380. The van der Waals surface area contributed by atoms with Crippen molar-refractivity contribution in [2.24, 2.45) is 5.73 Å². The first-order valence-corrected chi connectivity index (χ1v) is 5.92. The summed E-state index contributed by atoms with van der Waals surface area (Å²) in [6.07, 6.45) is 3.43. The monoisotopic (exact) mass is 211 g/mol. The van der Waals surface area contributed by atoms with E-state index in [9.17, 15) is 0 Å². The van der Waals surface area contributed by atoms with Crippen molar-refractivity contribution in [2.45, 2.75) is 37.8 Å². The SMILES string of the molecule is COC1(C(N)c2csc(C)c2)CCC1. The van der Waals surface area contributed by atoms with Crippen molar-refractivity contribution in [1.29, 1.82) is 0 Å². The summed E-state index contributed by atoms with van der Waals surface area (Å²) >= 11 is 1.76. The number of hydrogen-bond acceptors (Lipinski definition) is 3. The maximum absolute atomic E-state index is 6.24. The summed E-state index contributed by atoms with van der Waals surface area (Å²) in [7, 11) is 1.78. The van der Waals surface area contributed by atoms with E-state index in [4.69, 9.17) is 10.5 Å². The number of hydrogen-bond donors (Lipinski definition) is 1. The van der Waals surface area contributed by atoms with Crippen molar-refractivity contribution >= 4 is 11.3 Å². The van der Waals surface area contributed by atoms with Gasteiger partial charge in [-0.15, -0.1) is 11.3 Å². The molecule has 1 aromatic heterocycles. The van der Waals surface area contributed by atoms with Gasteiger partial charge in [0, 0.05) is 12.0 Å². The minimum Gasteiger partial charge on any atom is -0.376 e. The van der Waals surface area contributed by atoms with E-state index < -0.39 is 0 Å². The van der Waals surface area contributed by atoms with E-state index in [0.29, 0.717) is 0 Å². The van der Waals surface area contributed by atoms with Gasteiger partial charge in [0.25, 0.3) is 0 Å². The first-order chi connectivity index (χ1) is 6.68. The normalized spacial score (nSPS) is 21.6. The summed E-state index contributed by atoms with van der Waals surface area (Å²) in [5.74, 6) is 0. The van der Waals surface area contributed by atoms with Crippen LogP contribution in [-0.2, 0) is 4.74 Å². The molecule has 0 bridgehead atoms. The molecule has 1 saturated carbocycles. The molecule has 1 heterocycles. The van der Waals surface area contributed by atoms with Gasteiger partial charge in [-0.25, -0.2) is 0 Å². The Morgan fingerprint density at radius 1 is 1.57 bits per heavy atom. The first-order valence-electron chi connectivity index (χ1n) is 5.04. The van der Waals surface area contributed by atoms with E-state index >= 15 is 0 Å². The second-order valence-electron chi connectivity index (χ2n) is 4.09. The van der Waals surface area contributed by atoms with Crippen LogP contribution in [0.1, 0.15) is 35.7 Å². The fourth-order valence-corrected chi connectivity index (χ4v) is 2.84. The number of ether oxygens (including phenoxy) is 1. The third kappa shape index (κ3) is 1.49. The molecule has 1 atom stereocenters. The second-order valence-corrected chi connectivity index (χ2v) is 5.21. The Morgan fingerprint density at radius 3 is 2.64 bits per heavy atom. The summed E-state index contributed by atoms with van der Waals surface area (Å²) in [5, 5.41) is 2.15. The molecule has 0 spiro atoms. The molecule has 1 fully saturated rings. The predicted molar refractivity (Wildman–Crippen MR) is 59.6 cm³/mol. The van der Waals surface area contributed by atoms with Gasteiger partial charge in [-0.3, -0.25) is 0 Å². The molecule has 0 amide bonds. The maximum atomic E-state index is 6.24. The number of nitrogens with two attached hydrogens (primary N) is 1. The van der Waals surface area contributed by atoms with Crippen LogP contribution in [-0.4, -0.2) is 12.7 Å². The molecule has 0 saturated heterocycles. The largest absolute Gasteiger partial charge is 0.376 e. The predicted octanol–water partition coefficient (Wildman–Crippen LogP) is 2.63. The molecule has 1 aliphatic carbocycles. The molecule has 2 N–H and O–H groups in total. The van der Waals surface area contributed by atoms with Crippen LogP contribution < -0.4 is 5.73 Å². The minimum absolute atomic E-state index is 0.0474. The van der Waals surface area contributed by atoms with Crippen LogP contribution >= 0.6 is 11.3 Å². The maximum Gasteiger partial charge on any atom is 0.0870 e. The first kappa shape index (κ1) is 10.1. The lowest BCUT2D eigenvalue weighted by atomic mass is 9.73. The highest BCUT2D eigenvalue weighted by Crippen LogP contribution is 2.44. The van der Waals surface area contributed by atoms with Gasteiger partial charge in [-0.1, -0.05) is 0 Å². The fourth-order valence-electron chi connectivity index (χ4n) is 2.10. The number of thiophene rings is 1. The van der Waals surface area contributed by atoms with Gasteiger partial charge in [-0.2, -0.15) is 0 Å². The van der Waals surface area contributed by atoms with E-state index in [1.54, 1.807) is 18.4 Å². The smallest absolute Gasteiger partial charge is 0.0870 e. The van der Waals surface area contributed by atoms with Crippen molar-refractivity contribution < 1.29 is 4.74 Å². The zero-order chi connectivity index (χ0) is 10.2. The second kappa shape index (κ2) is 3.65. The van der Waals surface area contributed by atoms with Crippen molar-refractivity contribution in [3.05, 3.63) is 21.9 Å². The van der Waals surface area contributed by atoms with Crippen LogP contribution in [0.4, 0.5) is 0 Å². The molecule has 3 heteroatoms. The van der Waals surface area contributed by atoms with E-state index in [1.807, 2.05) is 0 Å². The Balaban J connectivity index is 2.18. The third-order valence-corrected chi connectivity index (χ3v) is 4.16. The van der Waals surface area contributed by atoms with E-state index in [0.717, 1.165) is 12.8 Å². The van der Waals surface area contributed by atoms with Crippen LogP contribution in [0.25, 0.3) is 0 Å². The lowest BCUT2D eigenvalue weighted by Gasteiger charge is -2.44. The Bertz CT molecular complexity index is 311. The average molecular weight is 211 g/mol. The van der Waals surface area contributed by atoms with Gasteiger partial charge in [0.15, 0.2) is 0 Å². The molecular weight excluding hydrogens is 194 g/mol. The summed E-state index contributed by atoms with van der Waals surface area (Å²) in [6.45, 7) is 2.11. The van der Waals surface area contributed by atoms with E-state index in [2.05, 4.69) is 18.4 Å². The number of methoxy groups -OCH3 is 1. The molecule has 2 rings (SSSR count). The van der Waals surface area contributed by atoms with Gasteiger partial charge in [-0.05, 0) is 43.2 Å². The topological polar surface area (TPSA) is 35.2 Å². The summed E-state index contributed by atoms with van der Waals surface area (Å²) in [4.78, 5) is 1.32. The Kier molecular flexibility index (Phi) is 2.64. The van der Waals surface area contributed by atoms with E-state index in [-0.39, 0.29) is 11.6 Å². The molecule has 2 nitrogen and oxygen atoms in total. The van der Waals surface area contributed by atoms with Crippen LogP contribution in [0, 0.1) is 6.92 Å². The third-order valence-electron chi connectivity index (χ3n) is 3.28. The van der Waals surface area contributed by atoms with E-state index in [1.165, 1.54) is 16.9 Å². The fraction of sp³-hybridized carbons (Fsp3) is 0.636. The highest BCUT2D eigenvalue weighted by molar-refractivity contribution is 7.10. The quantitative estimate of drug-likeness (QED) is 0.834. The molecular formula is C11H17NOS. The zero-order valence-electron chi connectivity index (χ0n) is 8.75. The van der Waals surface area contributed by atoms with Crippen molar-refractivity contribution in [3.63, 3.8) is 0 Å². The van der Waals surface area contributed by atoms with Crippen LogP contribution in [0.5, 0.6) is 0 Å². The molecule has 0 radical (unpaired) electrons. The number of rotatable bonds is 3. The molecule has 1 aromatic rings.